The Morgan fingerprint density at radius 2 is 1.84 bits per heavy atom. The summed E-state index contributed by atoms with van der Waals surface area (Å²) < 4.78 is 18.0. The molecule has 3 aromatic rings. The molecule has 1 aromatic heterocycles. The van der Waals surface area contributed by atoms with Gasteiger partial charge in [0.2, 0.25) is 0 Å². The van der Waals surface area contributed by atoms with Crippen molar-refractivity contribution >= 4 is 35.0 Å². The Hall–Kier alpha value is -4.18. The fourth-order valence-electron chi connectivity index (χ4n) is 4.22. The Balaban J connectivity index is 1.91. The minimum absolute atomic E-state index is 0.171. The molecule has 0 radical (unpaired) electrons. The third-order valence-electron chi connectivity index (χ3n) is 5.98. The van der Waals surface area contributed by atoms with Gasteiger partial charge < -0.3 is 19.1 Å². The summed E-state index contributed by atoms with van der Waals surface area (Å²) in [7, 11) is 5.38. The zero-order valence-electron chi connectivity index (χ0n) is 22.1. The number of carbonyl (C=O) groups excluding carboxylic acids is 2. The molecule has 0 aliphatic carbocycles. The number of fused-ring (bicyclic) bond motifs is 1. The van der Waals surface area contributed by atoms with Crippen LogP contribution in [0.3, 0.4) is 0 Å². The van der Waals surface area contributed by atoms with Crippen molar-refractivity contribution in [1.82, 2.24) is 4.57 Å². The quantitative estimate of drug-likeness (QED) is 0.339. The van der Waals surface area contributed by atoms with Crippen LogP contribution in [0.5, 0.6) is 11.5 Å². The molecule has 4 rings (SSSR count). The highest BCUT2D eigenvalue weighted by molar-refractivity contribution is 7.07. The SMILES string of the molecule is CCOC(=O)C1=C(C)N=c2s/c(=C\c3ccc(N(C)C)cc3)c(=O)n2[C@H]1c1ccc(OC(C)=O)c(OC)c1. The van der Waals surface area contributed by atoms with Gasteiger partial charge in [-0.3, -0.25) is 14.2 Å². The molecule has 0 spiro atoms. The van der Waals surface area contributed by atoms with E-state index in [9.17, 15) is 14.4 Å². The van der Waals surface area contributed by atoms with Crippen molar-refractivity contribution in [2.75, 3.05) is 32.7 Å². The summed E-state index contributed by atoms with van der Waals surface area (Å²) in [6.07, 6.45) is 1.81. The fourth-order valence-corrected chi connectivity index (χ4v) is 5.27. The van der Waals surface area contributed by atoms with Gasteiger partial charge in [-0.05, 0) is 55.3 Å². The van der Waals surface area contributed by atoms with Crippen LogP contribution in [0.1, 0.15) is 37.9 Å². The van der Waals surface area contributed by atoms with Crippen LogP contribution in [-0.4, -0.2) is 44.3 Å². The molecule has 0 amide bonds. The van der Waals surface area contributed by atoms with Crippen LogP contribution in [0.4, 0.5) is 5.69 Å². The number of thiazole rings is 1. The molecule has 0 N–H and O–H groups in total. The van der Waals surface area contributed by atoms with E-state index in [-0.39, 0.29) is 23.5 Å². The number of carbonyl (C=O) groups is 2. The van der Waals surface area contributed by atoms with E-state index >= 15 is 0 Å². The van der Waals surface area contributed by atoms with E-state index in [1.165, 1.54) is 29.9 Å². The predicted molar refractivity (Wildman–Crippen MR) is 145 cm³/mol. The molecule has 0 bridgehead atoms. The van der Waals surface area contributed by atoms with Crippen LogP contribution in [-0.2, 0) is 14.3 Å². The Bertz CT molecular complexity index is 1600. The van der Waals surface area contributed by atoms with E-state index in [1.807, 2.05) is 49.3 Å². The molecule has 0 saturated carbocycles. The number of hydrogen-bond donors (Lipinski definition) is 0. The third kappa shape index (κ3) is 5.26. The van der Waals surface area contributed by atoms with Gasteiger partial charge in [0.25, 0.3) is 5.56 Å². The smallest absolute Gasteiger partial charge is 0.338 e. The lowest BCUT2D eigenvalue weighted by atomic mass is 9.95. The Labute approximate surface area is 223 Å². The minimum atomic E-state index is -0.816. The van der Waals surface area contributed by atoms with Gasteiger partial charge in [0.1, 0.15) is 0 Å². The second kappa shape index (κ2) is 11.1. The molecule has 0 unspecified atom stereocenters. The molecule has 9 nitrogen and oxygen atoms in total. The van der Waals surface area contributed by atoms with Crippen LogP contribution < -0.4 is 29.3 Å². The normalized spacial score (nSPS) is 15.0. The predicted octanol–water partition coefficient (Wildman–Crippen LogP) is 2.80. The summed E-state index contributed by atoms with van der Waals surface area (Å²) >= 11 is 1.25. The summed E-state index contributed by atoms with van der Waals surface area (Å²) in [5.41, 5.74) is 2.92. The van der Waals surface area contributed by atoms with Crippen LogP contribution >= 0.6 is 11.3 Å². The number of hydrogen-bond acceptors (Lipinski definition) is 9. The molecule has 38 heavy (non-hydrogen) atoms. The largest absolute Gasteiger partial charge is 0.493 e. The van der Waals surface area contributed by atoms with Crippen LogP contribution in [0.2, 0.25) is 0 Å². The molecular weight excluding hydrogens is 506 g/mol. The molecule has 198 valence electrons. The zero-order valence-corrected chi connectivity index (χ0v) is 22.9. The molecule has 10 heteroatoms. The van der Waals surface area contributed by atoms with Crippen molar-refractivity contribution in [3.8, 4) is 11.5 Å². The molecular formula is C28H29N3O6S. The monoisotopic (exact) mass is 535 g/mol. The summed E-state index contributed by atoms with van der Waals surface area (Å²) in [6, 6.07) is 12.0. The van der Waals surface area contributed by atoms with Gasteiger partial charge in [-0.1, -0.05) is 29.5 Å². The molecule has 1 atom stereocenters. The number of esters is 2. The van der Waals surface area contributed by atoms with Crippen LogP contribution in [0.25, 0.3) is 6.08 Å². The Kier molecular flexibility index (Phi) is 7.82. The standard InChI is InChI=1S/C28H29N3O6S/c1-7-36-27(34)24-16(2)29-28-31(25(24)19-10-13-21(37-17(3)32)22(15-19)35-6)26(33)23(38-28)14-18-8-11-20(12-9-18)30(4)5/h8-15,25H,7H2,1-6H3/b23-14-/t25-/m0/s1. The van der Waals surface area contributed by atoms with Crippen molar-refractivity contribution in [2.45, 2.75) is 26.8 Å². The van der Waals surface area contributed by atoms with E-state index in [4.69, 9.17) is 14.2 Å². The molecule has 0 saturated heterocycles. The first-order chi connectivity index (χ1) is 18.1. The van der Waals surface area contributed by atoms with E-state index in [0.717, 1.165) is 11.3 Å². The molecule has 1 aliphatic heterocycles. The van der Waals surface area contributed by atoms with Gasteiger partial charge in [0, 0.05) is 26.7 Å². The molecule has 1 aliphatic rings. The van der Waals surface area contributed by atoms with Crippen LogP contribution in [0, 0.1) is 0 Å². The summed E-state index contributed by atoms with van der Waals surface area (Å²) in [6.45, 7) is 4.91. The molecule has 2 aromatic carbocycles. The minimum Gasteiger partial charge on any atom is -0.493 e. The van der Waals surface area contributed by atoms with Gasteiger partial charge in [0.15, 0.2) is 16.3 Å². The average molecular weight is 536 g/mol. The summed E-state index contributed by atoms with van der Waals surface area (Å²) in [5.74, 6) is -0.532. The van der Waals surface area contributed by atoms with Crippen molar-refractivity contribution in [1.29, 1.82) is 0 Å². The van der Waals surface area contributed by atoms with Crippen molar-refractivity contribution in [2.24, 2.45) is 4.99 Å². The number of anilines is 1. The van der Waals surface area contributed by atoms with E-state index in [2.05, 4.69) is 4.99 Å². The third-order valence-corrected chi connectivity index (χ3v) is 6.96. The second-order valence-corrected chi connectivity index (χ2v) is 9.80. The topological polar surface area (TPSA) is 99.4 Å². The number of allylic oxidation sites excluding steroid dienone is 1. The Morgan fingerprint density at radius 3 is 2.45 bits per heavy atom. The van der Waals surface area contributed by atoms with E-state index in [1.54, 1.807) is 32.0 Å². The zero-order chi connectivity index (χ0) is 27.6. The first kappa shape index (κ1) is 26.9. The lowest BCUT2D eigenvalue weighted by Crippen LogP contribution is -2.40. The summed E-state index contributed by atoms with van der Waals surface area (Å²) in [5, 5.41) is 0. The van der Waals surface area contributed by atoms with Crippen molar-refractivity contribution < 1.29 is 23.8 Å². The number of aromatic nitrogens is 1. The number of rotatable bonds is 7. The maximum Gasteiger partial charge on any atom is 0.338 e. The van der Waals surface area contributed by atoms with Gasteiger partial charge in [-0.25, -0.2) is 9.79 Å². The van der Waals surface area contributed by atoms with Crippen molar-refractivity contribution in [3.63, 3.8) is 0 Å². The molecule has 2 heterocycles. The lowest BCUT2D eigenvalue weighted by molar-refractivity contribution is -0.139. The van der Waals surface area contributed by atoms with Gasteiger partial charge in [0.05, 0.1) is 35.6 Å². The maximum absolute atomic E-state index is 13.8. The fraction of sp³-hybridized carbons (Fsp3) is 0.286. The number of benzene rings is 2. The van der Waals surface area contributed by atoms with Crippen LogP contribution in [0.15, 0.2) is 63.5 Å². The highest BCUT2D eigenvalue weighted by Gasteiger charge is 2.34. The van der Waals surface area contributed by atoms with Gasteiger partial charge >= 0.3 is 11.9 Å². The lowest BCUT2D eigenvalue weighted by Gasteiger charge is -2.25. The number of ether oxygens (including phenoxy) is 3. The highest BCUT2D eigenvalue weighted by Crippen LogP contribution is 2.36. The molecule has 0 fully saturated rings. The van der Waals surface area contributed by atoms with E-state index < -0.39 is 18.0 Å². The number of methoxy groups -OCH3 is 1. The first-order valence-corrected chi connectivity index (χ1v) is 12.8. The maximum atomic E-state index is 13.8. The van der Waals surface area contributed by atoms with Gasteiger partial charge in [-0.2, -0.15) is 0 Å². The van der Waals surface area contributed by atoms with Crippen molar-refractivity contribution in [3.05, 3.63) is 84.5 Å². The number of nitrogens with zero attached hydrogens (tertiary/aromatic N) is 3. The average Bonchev–Trinajstić information content (AvgIpc) is 3.17. The van der Waals surface area contributed by atoms with Gasteiger partial charge in [-0.15, -0.1) is 0 Å². The Morgan fingerprint density at radius 1 is 1.13 bits per heavy atom. The highest BCUT2D eigenvalue weighted by atomic mass is 32.1. The second-order valence-electron chi connectivity index (χ2n) is 8.79. The summed E-state index contributed by atoms with van der Waals surface area (Å²) in [4.78, 5) is 45.5. The van der Waals surface area contributed by atoms with E-state index in [0.29, 0.717) is 26.3 Å². The first-order valence-electron chi connectivity index (χ1n) is 12.0.